The van der Waals surface area contributed by atoms with Crippen LogP contribution in [0, 0.1) is 0 Å². The lowest BCUT2D eigenvalue weighted by atomic mass is 10.1. The predicted molar refractivity (Wildman–Crippen MR) is 69.5 cm³/mol. The van der Waals surface area contributed by atoms with Gasteiger partial charge in [-0.1, -0.05) is 0 Å². The minimum atomic E-state index is -0.424. The van der Waals surface area contributed by atoms with Crippen molar-refractivity contribution in [3.05, 3.63) is 23.8 Å². The van der Waals surface area contributed by atoms with E-state index >= 15 is 0 Å². The van der Waals surface area contributed by atoms with Crippen LogP contribution in [-0.4, -0.2) is 34.7 Å². The first-order valence-corrected chi connectivity index (χ1v) is 5.71. The van der Waals surface area contributed by atoms with Crippen molar-refractivity contribution in [3.63, 3.8) is 0 Å². The molecule has 0 amide bonds. The van der Waals surface area contributed by atoms with E-state index in [0.717, 1.165) is 5.37 Å². The Bertz CT molecular complexity index is 504. The Kier molecular flexibility index (Phi) is 5.13. The summed E-state index contributed by atoms with van der Waals surface area (Å²) in [6, 6.07) is 2.80. The number of carbonyl (C=O) groups excluding carboxylic acids is 1. The number of hydrogen-bond acceptors (Lipinski definition) is 5. The van der Waals surface area contributed by atoms with Crippen molar-refractivity contribution < 1.29 is 23.6 Å². The lowest BCUT2D eigenvalue weighted by molar-refractivity contribution is -0.108. The Morgan fingerprint density at radius 1 is 1.28 bits per heavy atom. The van der Waals surface area contributed by atoms with Gasteiger partial charge in [-0.15, -0.1) is 0 Å². The minimum Gasteiger partial charge on any atom is -0.508 e. The zero-order valence-corrected chi connectivity index (χ0v) is 10.7. The summed E-state index contributed by atoms with van der Waals surface area (Å²) in [6.45, 7) is 0. The SMILES string of the molecule is COc1cc(O)cc(OC)c1C=CC(=O)C=S=O. The number of allylic oxidation sites excluding steroid dienone is 1. The summed E-state index contributed by atoms with van der Waals surface area (Å²) in [7, 11) is 2.87. The number of methoxy groups -OCH3 is 2. The molecule has 18 heavy (non-hydrogen) atoms. The van der Waals surface area contributed by atoms with Crippen LogP contribution in [0.5, 0.6) is 17.2 Å². The summed E-state index contributed by atoms with van der Waals surface area (Å²) < 4.78 is 20.3. The van der Waals surface area contributed by atoms with E-state index in [1.165, 1.54) is 38.5 Å². The lowest BCUT2D eigenvalue weighted by Crippen LogP contribution is -1.95. The molecule has 6 heteroatoms. The number of phenolic OH excluding ortho intramolecular Hbond substituents is 1. The number of aromatic hydroxyl groups is 1. The Hall–Kier alpha value is -2.08. The van der Waals surface area contributed by atoms with Gasteiger partial charge in [0.2, 0.25) is 0 Å². The molecule has 1 aromatic rings. The summed E-state index contributed by atoms with van der Waals surface area (Å²) in [5, 5.41) is 10.4. The average molecular weight is 268 g/mol. The van der Waals surface area contributed by atoms with Gasteiger partial charge in [-0.05, 0) is 12.2 Å². The van der Waals surface area contributed by atoms with Crippen molar-refractivity contribution in [3.8, 4) is 17.2 Å². The maximum Gasteiger partial charge on any atom is 0.191 e. The van der Waals surface area contributed by atoms with Crippen LogP contribution >= 0.6 is 0 Å². The molecule has 5 nitrogen and oxygen atoms in total. The molecule has 0 radical (unpaired) electrons. The van der Waals surface area contributed by atoms with Gasteiger partial charge in [0.25, 0.3) is 0 Å². The summed E-state index contributed by atoms with van der Waals surface area (Å²) >= 11 is 0.0889. The highest BCUT2D eigenvalue weighted by molar-refractivity contribution is 7.66. The number of ketones is 1. The highest BCUT2D eigenvalue weighted by Crippen LogP contribution is 2.34. The molecular formula is C12H12O5S. The molecule has 0 aliphatic heterocycles. The zero-order valence-electron chi connectivity index (χ0n) is 9.88. The summed E-state index contributed by atoms with van der Waals surface area (Å²) in [6.07, 6.45) is 2.69. The monoisotopic (exact) mass is 268 g/mol. The zero-order chi connectivity index (χ0) is 13.5. The van der Waals surface area contributed by atoms with Crippen molar-refractivity contribution in [1.29, 1.82) is 0 Å². The Balaban J connectivity index is 3.21. The van der Waals surface area contributed by atoms with E-state index in [-0.39, 0.29) is 17.0 Å². The van der Waals surface area contributed by atoms with Crippen LogP contribution in [0.3, 0.4) is 0 Å². The number of ether oxygens (including phenoxy) is 2. The number of phenols is 1. The second-order valence-electron chi connectivity index (χ2n) is 3.21. The average Bonchev–Trinajstić information content (AvgIpc) is 2.36. The van der Waals surface area contributed by atoms with E-state index in [1.807, 2.05) is 0 Å². The van der Waals surface area contributed by atoms with Gasteiger partial charge < -0.3 is 14.6 Å². The molecule has 1 aromatic carbocycles. The van der Waals surface area contributed by atoms with E-state index in [1.54, 1.807) is 0 Å². The van der Waals surface area contributed by atoms with Gasteiger partial charge in [-0.3, -0.25) is 4.79 Å². The summed E-state index contributed by atoms with van der Waals surface area (Å²) in [5.41, 5.74) is 0.510. The molecule has 1 N–H and O–H groups in total. The molecule has 1 rings (SSSR count). The standard InChI is InChI=1S/C12H12O5S/c1-16-11-5-9(14)6-12(17-2)10(11)4-3-8(13)7-18-15/h3-7,14H,1-2H3. The van der Waals surface area contributed by atoms with Gasteiger partial charge in [0, 0.05) is 12.1 Å². The molecule has 0 unspecified atom stereocenters. The van der Waals surface area contributed by atoms with Gasteiger partial charge in [0.1, 0.15) is 17.2 Å². The fourth-order valence-corrected chi connectivity index (χ4v) is 1.51. The molecule has 0 spiro atoms. The lowest BCUT2D eigenvalue weighted by Gasteiger charge is -2.10. The number of rotatable bonds is 5. The van der Waals surface area contributed by atoms with Gasteiger partial charge in [-0.2, -0.15) is 0 Å². The van der Waals surface area contributed by atoms with Crippen molar-refractivity contribution >= 4 is 28.5 Å². The van der Waals surface area contributed by atoms with Crippen LogP contribution in [0.25, 0.3) is 6.08 Å². The molecule has 0 saturated carbocycles. The first-order chi connectivity index (χ1) is 8.62. The third-order valence-corrected chi connectivity index (χ3v) is 2.44. The first-order valence-electron chi connectivity index (χ1n) is 4.91. The smallest absolute Gasteiger partial charge is 0.191 e. The normalized spacial score (nSPS) is 10.1. The molecule has 0 aliphatic rings. The van der Waals surface area contributed by atoms with Crippen molar-refractivity contribution in [2.24, 2.45) is 0 Å². The molecule has 0 saturated heterocycles. The van der Waals surface area contributed by atoms with Gasteiger partial charge >= 0.3 is 0 Å². The molecule has 0 fully saturated rings. The molecular weight excluding hydrogens is 256 g/mol. The second-order valence-corrected chi connectivity index (χ2v) is 3.64. The number of carbonyl (C=O) groups is 1. The van der Waals surface area contributed by atoms with Crippen LogP contribution < -0.4 is 9.47 Å². The maximum absolute atomic E-state index is 11.2. The highest BCUT2D eigenvalue weighted by Gasteiger charge is 2.09. The van der Waals surface area contributed by atoms with Crippen LogP contribution in [0.4, 0.5) is 0 Å². The summed E-state index contributed by atoms with van der Waals surface area (Å²) in [4.78, 5) is 11.2. The fraction of sp³-hybridized carbons (Fsp3) is 0.167. The van der Waals surface area contributed by atoms with E-state index in [4.69, 9.17) is 9.47 Å². The third-order valence-electron chi connectivity index (χ3n) is 2.11. The topological polar surface area (TPSA) is 72.8 Å². The Labute approximate surface area is 108 Å². The number of hydrogen-bond donors (Lipinski definition) is 1. The van der Waals surface area contributed by atoms with Gasteiger partial charge in [-0.25, -0.2) is 4.21 Å². The number of benzene rings is 1. The third kappa shape index (κ3) is 3.46. The molecule has 0 aliphatic carbocycles. The Morgan fingerprint density at radius 3 is 2.28 bits per heavy atom. The first kappa shape index (κ1) is 14.0. The van der Waals surface area contributed by atoms with Gasteiger partial charge in [0.05, 0.1) is 36.4 Å². The molecule has 0 heterocycles. The second kappa shape index (κ2) is 6.61. The van der Waals surface area contributed by atoms with E-state index in [0.29, 0.717) is 17.1 Å². The maximum atomic E-state index is 11.2. The van der Waals surface area contributed by atoms with E-state index in [2.05, 4.69) is 0 Å². The van der Waals surface area contributed by atoms with Crippen LogP contribution in [0.2, 0.25) is 0 Å². The highest BCUT2D eigenvalue weighted by atomic mass is 32.1. The van der Waals surface area contributed by atoms with Crippen LogP contribution in [-0.2, 0) is 16.1 Å². The predicted octanol–water partition coefficient (Wildman–Crippen LogP) is 1.01. The van der Waals surface area contributed by atoms with Crippen molar-refractivity contribution in [2.75, 3.05) is 14.2 Å². The molecule has 0 atom stereocenters. The largest absolute Gasteiger partial charge is 0.508 e. The van der Waals surface area contributed by atoms with E-state index < -0.39 is 5.78 Å². The van der Waals surface area contributed by atoms with E-state index in [9.17, 15) is 14.1 Å². The molecule has 0 bridgehead atoms. The Morgan fingerprint density at radius 2 is 1.83 bits per heavy atom. The molecule has 96 valence electrons. The quantitative estimate of drug-likeness (QED) is 0.637. The van der Waals surface area contributed by atoms with Crippen molar-refractivity contribution in [2.45, 2.75) is 0 Å². The van der Waals surface area contributed by atoms with Crippen molar-refractivity contribution in [1.82, 2.24) is 0 Å². The minimum absolute atomic E-state index is 0.00569. The van der Waals surface area contributed by atoms with Crippen LogP contribution in [0.1, 0.15) is 5.56 Å². The molecule has 0 aromatic heterocycles. The summed E-state index contributed by atoms with van der Waals surface area (Å²) in [5.74, 6) is 0.303. The van der Waals surface area contributed by atoms with Crippen LogP contribution in [0.15, 0.2) is 18.2 Å². The van der Waals surface area contributed by atoms with Gasteiger partial charge in [0.15, 0.2) is 5.78 Å². The fourth-order valence-electron chi connectivity index (χ4n) is 1.34.